The maximum absolute atomic E-state index is 12.6. The van der Waals surface area contributed by atoms with Crippen molar-refractivity contribution in [3.05, 3.63) is 41.1 Å². The van der Waals surface area contributed by atoms with E-state index in [1.165, 1.54) is 17.7 Å². The Morgan fingerprint density at radius 1 is 1.33 bits per heavy atom. The fourth-order valence-corrected chi connectivity index (χ4v) is 2.13. The number of sulfonamides is 1. The van der Waals surface area contributed by atoms with Gasteiger partial charge in [0.05, 0.1) is 18.3 Å². The van der Waals surface area contributed by atoms with Gasteiger partial charge in [0.2, 0.25) is 5.03 Å². The van der Waals surface area contributed by atoms with Crippen molar-refractivity contribution in [2.24, 2.45) is 5.14 Å². The molecule has 0 saturated heterocycles. The molecular weight excluding hydrogens is 309 g/mol. The number of aromatic nitrogens is 3. The number of hydrogen-bond donors (Lipinski definition) is 1. The van der Waals surface area contributed by atoms with Gasteiger partial charge in [-0.1, -0.05) is 11.3 Å². The van der Waals surface area contributed by atoms with Gasteiger partial charge < -0.3 is 0 Å². The van der Waals surface area contributed by atoms with Gasteiger partial charge >= 0.3 is 6.18 Å². The molecular formula is C11H11F3N4O2S. The molecule has 2 rings (SSSR count). The van der Waals surface area contributed by atoms with E-state index < -0.39 is 26.8 Å². The molecule has 0 unspecified atom stereocenters. The number of primary sulfonamides is 1. The Hall–Kier alpha value is -1.94. The molecule has 0 saturated carbocycles. The molecule has 21 heavy (non-hydrogen) atoms. The van der Waals surface area contributed by atoms with Gasteiger partial charge in [0.25, 0.3) is 10.0 Å². The molecule has 2 N–H and O–H groups in total. The van der Waals surface area contributed by atoms with Crippen LogP contribution in [-0.2, 0) is 22.7 Å². The highest BCUT2D eigenvalue weighted by molar-refractivity contribution is 7.89. The second-order valence-corrected chi connectivity index (χ2v) is 5.95. The van der Waals surface area contributed by atoms with Gasteiger partial charge in [0, 0.05) is 0 Å². The minimum atomic E-state index is -4.41. The van der Waals surface area contributed by atoms with Gasteiger partial charge in [-0.25, -0.2) is 18.2 Å². The van der Waals surface area contributed by atoms with Crippen LogP contribution in [0.25, 0.3) is 0 Å². The average Bonchev–Trinajstić information content (AvgIpc) is 2.78. The van der Waals surface area contributed by atoms with E-state index in [0.717, 1.165) is 18.3 Å². The molecule has 0 amide bonds. The molecule has 0 atom stereocenters. The van der Waals surface area contributed by atoms with Crippen molar-refractivity contribution in [2.45, 2.75) is 24.7 Å². The van der Waals surface area contributed by atoms with Crippen molar-refractivity contribution in [3.8, 4) is 0 Å². The fourth-order valence-electron chi connectivity index (χ4n) is 1.71. The van der Waals surface area contributed by atoms with Gasteiger partial charge in [-0.3, -0.25) is 0 Å². The summed E-state index contributed by atoms with van der Waals surface area (Å²) in [6, 6.07) is 3.29. The molecule has 114 valence electrons. The first-order valence-corrected chi connectivity index (χ1v) is 7.21. The number of halogens is 3. The molecule has 1 aromatic heterocycles. The summed E-state index contributed by atoms with van der Waals surface area (Å²) in [6.07, 6.45) is -3.29. The molecule has 0 aliphatic heterocycles. The predicted molar refractivity (Wildman–Crippen MR) is 66.7 cm³/mol. The van der Waals surface area contributed by atoms with Crippen LogP contribution in [0.4, 0.5) is 13.2 Å². The van der Waals surface area contributed by atoms with E-state index in [1.807, 2.05) is 0 Å². The summed E-state index contributed by atoms with van der Waals surface area (Å²) >= 11 is 0. The molecule has 0 spiro atoms. The zero-order chi connectivity index (χ0) is 15.8. The summed E-state index contributed by atoms with van der Waals surface area (Å²) in [5, 5.41) is 11.5. The van der Waals surface area contributed by atoms with Crippen LogP contribution in [0.2, 0.25) is 0 Å². The standard InChI is InChI=1S/C11H11F3N4O2S/c1-7-4-9(11(12,13)14)3-2-8(7)5-18-6-10(16-17-18)21(15,19)20/h2-4,6H,5H2,1H3,(H2,15,19,20). The quantitative estimate of drug-likeness (QED) is 0.923. The van der Waals surface area contributed by atoms with Crippen molar-refractivity contribution >= 4 is 10.0 Å². The van der Waals surface area contributed by atoms with Gasteiger partial charge in [0.15, 0.2) is 0 Å². The maximum atomic E-state index is 12.6. The topological polar surface area (TPSA) is 90.9 Å². The second kappa shape index (κ2) is 5.11. The SMILES string of the molecule is Cc1cc(C(F)(F)F)ccc1Cn1cc(S(N)(=O)=O)nn1. The summed E-state index contributed by atoms with van der Waals surface area (Å²) in [5.41, 5.74) is 0.235. The molecule has 0 bridgehead atoms. The number of aryl methyl sites for hydroxylation is 1. The van der Waals surface area contributed by atoms with Crippen molar-refractivity contribution < 1.29 is 21.6 Å². The van der Waals surface area contributed by atoms with Crippen LogP contribution < -0.4 is 5.14 Å². The van der Waals surface area contributed by atoms with Gasteiger partial charge in [-0.2, -0.15) is 13.2 Å². The number of alkyl halides is 3. The summed E-state index contributed by atoms with van der Waals surface area (Å²) in [7, 11) is -3.95. The lowest BCUT2D eigenvalue weighted by molar-refractivity contribution is -0.137. The van der Waals surface area contributed by atoms with Crippen LogP contribution in [0.5, 0.6) is 0 Å². The molecule has 0 fully saturated rings. The monoisotopic (exact) mass is 320 g/mol. The smallest absolute Gasteiger partial charge is 0.247 e. The highest BCUT2D eigenvalue weighted by atomic mass is 32.2. The van der Waals surface area contributed by atoms with E-state index in [9.17, 15) is 21.6 Å². The first-order valence-electron chi connectivity index (χ1n) is 5.67. The maximum Gasteiger partial charge on any atom is 0.416 e. The van der Waals surface area contributed by atoms with E-state index in [1.54, 1.807) is 0 Å². The number of nitrogens with two attached hydrogens (primary N) is 1. The second-order valence-electron chi connectivity index (χ2n) is 4.44. The molecule has 2 aromatic rings. The van der Waals surface area contributed by atoms with E-state index in [-0.39, 0.29) is 6.54 Å². The zero-order valence-electron chi connectivity index (χ0n) is 10.8. The van der Waals surface area contributed by atoms with Crippen molar-refractivity contribution in [2.75, 3.05) is 0 Å². The van der Waals surface area contributed by atoms with Crippen LogP contribution in [0, 0.1) is 6.92 Å². The summed E-state index contributed by atoms with van der Waals surface area (Å²) in [4.78, 5) is 0. The largest absolute Gasteiger partial charge is 0.416 e. The number of benzene rings is 1. The minimum Gasteiger partial charge on any atom is -0.247 e. The van der Waals surface area contributed by atoms with E-state index in [2.05, 4.69) is 10.3 Å². The molecule has 1 heterocycles. The van der Waals surface area contributed by atoms with Crippen LogP contribution in [0.3, 0.4) is 0 Å². The minimum absolute atomic E-state index is 0.0898. The van der Waals surface area contributed by atoms with E-state index in [4.69, 9.17) is 5.14 Å². The molecule has 6 nitrogen and oxygen atoms in total. The number of rotatable bonds is 3. The highest BCUT2D eigenvalue weighted by Gasteiger charge is 2.30. The third kappa shape index (κ3) is 3.58. The first-order chi connectivity index (χ1) is 9.57. The average molecular weight is 320 g/mol. The molecule has 0 aliphatic rings. The first kappa shape index (κ1) is 15.4. The third-order valence-electron chi connectivity index (χ3n) is 2.81. The fraction of sp³-hybridized carbons (Fsp3) is 0.273. The van der Waals surface area contributed by atoms with Crippen molar-refractivity contribution in [1.29, 1.82) is 0 Å². The summed E-state index contributed by atoms with van der Waals surface area (Å²) < 4.78 is 61.0. The lowest BCUT2D eigenvalue weighted by Gasteiger charge is -2.10. The van der Waals surface area contributed by atoms with Gasteiger partial charge in [-0.05, 0) is 30.2 Å². The Kier molecular flexibility index (Phi) is 3.76. The Bertz CT molecular complexity index is 768. The number of hydrogen-bond acceptors (Lipinski definition) is 4. The predicted octanol–water partition coefficient (Wildman–Crippen LogP) is 1.30. The Labute approximate surface area is 118 Å². The van der Waals surface area contributed by atoms with E-state index >= 15 is 0 Å². The van der Waals surface area contributed by atoms with Crippen LogP contribution in [0.1, 0.15) is 16.7 Å². The zero-order valence-corrected chi connectivity index (χ0v) is 11.6. The third-order valence-corrected chi connectivity index (χ3v) is 3.58. The molecule has 0 radical (unpaired) electrons. The molecule has 10 heteroatoms. The van der Waals surface area contributed by atoms with Crippen molar-refractivity contribution in [3.63, 3.8) is 0 Å². The molecule has 0 aliphatic carbocycles. The normalized spacial score (nSPS) is 12.6. The van der Waals surface area contributed by atoms with Gasteiger partial charge in [0.1, 0.15) is 0 Å². The highest BCUT2D eigenvalue weighted by Crippen LogP contribution is 2.30. The Morgan fingerprint density at radius 3 is 2.48 bits per heavy atom. The number of nitrogens with zero attached hydrogens (tertiary/aromatic N) is 3. The summed E-state index contributed by atoms with van der Waals surface area (Å²) in [5.74, 6) is 0. The van der Waals surface area contributed by atoms with Gasteiger partial charge in [-0.15, -0.1) is 5.10 Å². The van der Waals surface area contributed by atoms with Crippen molar-refractivity contribution in [1.82, 2.24) is 15.0 Å². The lowest BCUT2D eigenvalue weighted by atomic mass is 10.0. The van der Waals surface area contributed by atoms with Crippen LogP contribution >= 0.6 is 0 Å². The van der Waals surface area contributed by atoms with Crippen LogP contribution in [0.15, 0.2) is 29.4 Å². The Balaban J connectivity index is 2.27. The molecule has 1 aromatic carbocycles. The lowest BCUT2D eigenvalue weighted by Crippen LogP contribution is -2.12. The van der Waals surface area contributed by atoms with Crippen LogP contribution in [-0.4, -0.2) is 23.4 Å². The Morgan fingerprint density at radius 2 is 2.00 bits per heavy atom. The summed E-state index contributed by atoms with van der Waals surface area (Å²) in [6.45, 7) is 1.62. The van der Waals surface area contributed by atoms with E-state index in [0.29, 0.717) is 11.1 Å².